The molecule has 0 aliphatic heterocycles. The first-order valence-electron chi connectivity index (χ1n) is 7.10. The summed E-state index contributed by atoms with van der Waals surface area (Å²) in [5.41, 5.74) is 0.417. The fraction of sp³-hybridized carbons (Fsp3) is 0.188. The van der Waals surface area contributed by atoms with E-state index in [1.54, 1.807) is 18.2 Å². The third-order valence-electron chi connectivity index (χ3n) is 3.06. The van der Waals surface area contributed by atoms with E-state index in [1.807, 2.05) is 6.92 Å². The van der Waals surface area contributed by atoms with Gasteiger partial charge in [0.05, 0.1) is 16.0 Å². The Labute approximate surface area is 152 Å². The summed E-state index contributed by atoms with van der Waals surface area (Å²) in [5, 5.41) is 13.5. The maximum absolute atomic E-state index is 12.3. The average Bonchev–Trinajstić information content (AvgIpc) is 2.55. The summed E-state index contributed by atoms with van der Waals surface area (Å²) >= 11 is 9.11. The lowest BCUT2D eigenvalue weighted by atomic mass is 10.2. The van der Waals surface area contributed by atoms with Crippen molar-refractivity contribution < 1.29 is 14.5 Å². The minimum absolute atomic E-state index is 0.0122. The van der Waals surface area contributed by atoms with Crippen LogP contribution in [0.25, 0.3) is 0 Å². The molecule has 0 bridgehead atoms. The number of hydrogen-bond donors (Lipinski definition) is 1. The second kappa shape index (κ2) is 8.12. The van der Waals surface area contributed by atoms with Crippen LogP contribution in [-0.2, 0) is 0 Å². The van der Waals surface area contributed by atoms with E-state index >= 15 is 0 Å². The molecule has 0 spiro atoms. The minimum atomic E-state index is -0.603. The summed E-state index contributed by atoms with van der Waals surface area (Å²) in [5.74, 6) is 0.255. The molecule has 0 aliphatic rings. The van der Waals surface area contributed by atoms with E-state index in [2.05, 4.69) is 21.2 Å². The molecule has 0 radical (unpaired) electrons. The van der Waals surface area contributed by atoms with Gasteiger partial charge < -0.3 is 10.1 Å². The van der Waals surface area contributed by atoms with Gasteiger partial charge in [-0.25, -0.2) is 0 Å². The third kappa shape index (κ3) is 4.46. The predicted octanol–water partition coefficient (Wildman–Crippen LogP) is 5.05. The fourth-order valence-corrected chi connectivity index (χ4v) is 2.58. The number of rotatable bonds is 6. The van der Waals surface area contributed by atoms with Gasteiger partial charge >= 0.3 is 0 Å². The molecule has 0 heterocycles. The van der Waals surface area contributed by atoms with Gasteiger partial charge in [-0.15, -0.1) is 0 Å². The van der Waals surface area contributed by atoms with Crippen LogP contribution >= 0.6 is 27.5 Å². The maximum atomic E-state index is 12.3. The molecule has 24 heavy (non-hydrogen) atoms. The number of ether oxygens (including phenoxy) is 1. The molecule has 2 aromatic rings. The normalized spacial score (nSPS) is 10.3. The number of anilines is 1. The van der Waals surface area contributed by atoms with Crippen LogP contribution in [0.1, 0.15) is 23.7 Å². The monoisotopic (exact) mass is 412 g/mol. The van der Waals surface area contributed by atoms with Crippen molar-refractivity contribution in [3.63, 3.8) is 0 Å². The highest BCUT2D eigenvalue weighted by atomic mass is 79.9. The molecular formula is C16H14BrClN2O4. The van der Waals surface area contributed by atoms with Gasteiger partial charge in [0.2, 0.25) is 0 Å². The Hall–Kier alpha value is -2.12. The number of amides is 1. The topological polar surface area (TPSA) is 81.5 Å². The zero-order chi connectivity index (χ0) is 17.7. The molecule has 0 atom stereocenters. The van der Waals surface area contributed by atoms with Crippen molar-refractivity contribution in [2.24, 2.45) is 0 Å². The number of halogens is 2. The highest BCUT2D eigenvalue weighted by Gasteiger charge is 2.15. The summed E-state index contributed by atoms with van der Waals surface area (Å²) < 4.78 is 6.18. The molecule has 2 aromatic carbocycles. The van der Waals surface area contributed by atoms with E-state index in [1.165, 1.54) is 18.2 Å². The molecule has 0 fully saturated rings. The number of nitro benzene ring substituents is 1. The number of carbonyl (C=O) groups excluding carboxylic acids is 1. The first-order valence-corrected chi connectivity index (χ1v) is 8.27. The molecule has 2 rings (SSSR count). The summed E-state index contributed by atoms with van der Waals surface area (Å²) in [4.78, 5) is 22.6. The third-order valence-corrected chi connectivity index (χ3v) is 4.00. The summed E-state index contributed by atoms with van der Waals surface area (Å²) in [7, 11) is 0. The van der Waals surface area contributed by atoms with Gasteiger partial charge in [0.25, 0.3) is 11.6 Å². The number of carbonyl (C=O) groups is 1. The molecule has 0 saturated heterocycles. The van der Waals surface area contributed by atoms with Gasteiger partial charge in [0, 0.05) is 17.3 Å². The SMILES string of the molecule is CCCOc1ccc(C(=O)Nc2ccc(Cl)c([N+](=O)[O-])c2)cc1Br. The highest BCUT2D eigenvalue weighted by Crippen LogP contribution is 2.29. The van der Waals surface area contributed by atoms with Crippen LogP contribution < -0.4 is 10.1 Å². The van der Waals surface area contributed by atoms with Crippen molar-refractivity contribution >= 4 is 44.8 Å². The van der Waals surface area contributed by atoms with E-state index < -0.39 is 10.8 Å². The Bertz CT molecular complexity index is 783. The number of hydrogen-bond acceptors (Lipinski definition) is 4. The second-order valence-electron chi connectivity index (χ2n) is 4.87. The molecule has 0 aromatic heterocycles. The van der Waals surface area contributed by atoms with Gasteiger partial charge in [0.15, 0.2) is 0 Å². The van der Waals surface area contributed by atoms with E-state index in [4.69, 9.17) is 16.3 Å². The number of nitrogens with one attached hydrogen (secondary N) is 1. The molecule has 1 amide bonds. The van der Waals surface area contributed by atoms with Crippen LogP contribution in [0, 0.1) is 10.1 Å². The molecule has 126 valence electrons. The first-order chi connectivity index (χ1) is 11.4. The Balaban J connectivity index is 2.16. The van der Waals surface area contributed by atoms with Crippen LogP contribution in [0.2, 0.25) is 5.02 Å². The van der Waals surface area contributed by atoms with E-state index in [0.717, 1.165) is 6.42 Å². The standard InChI is InChI=1S/C16H14BrClN2O4/c1-2-7-24-15-6-3-10(8-12(15)17)16(21)19-11-4-5-13(18)14(9-11)20(22)23/h3-6,8-9H,2,7H2,1H3,(H,19,21). The maximum Gasteiger partial charge on any atom is 0.289 e. The van der Waals surface area contributed by atoms with Gasteiger partial charge in [-0.3, -0.25) is 14.9 Å². The van der Waals surface area contributed by atoms with Crippen molar-refractivity contribution in [3.05, 3.63) is 61.6 Å². The van der Waals surface area contributed by atoms with Gasteiger partial charge in [-0.2, -0.15) is 0 Å². The van der Waals surface area contributed by atoms with Crippen molar-refractivity contribution in [1.82, 2.24) is 0 Å². The second-order valence-corrected chi connectivity index (χ2v) is 6.13. The molecule has 6 nitrogen and oxygen atoms in total. The smallest absolute Gasteiger partial charge is 0.289 e. The number of nitrogens with zero attached hydrogens (tertiary/aromatic N) is 1. The molecule has 8 heteroatoms. The van der Waals surface area contributed by atoms with Gasteiger partial charge in [-0.1, -0.05) is 18.5 Å². The minimum Gasteiger partial charge on any atom is -0.492 e. The van der Waals surface area contributed by atoms with Crippen LogP contribution in [0.4, 0.5) is 11.4 Å². The lowest BCUT2D eigenvalue weighted by molar-refractivity contribution is -0.384. The van der Waals surface area contributed by atoms with Crippen LogP contribution in [-0.4, -0.2) is 17.4 Å². The Morgan fingerprint density at radius 2 is 2.08 bits per heavy atom. The summed E-state index contributed by atoms with van der Waals surface area (Å²) in [6.07, 6.45) is 0.879. The van der Waals surface area contributed by atoms with Crippen molar-refractivity contribution in [1.29, 1.82) is 0 Å². The predicted molar refractivity (Wildman–Crippen MR) is 96.0 cm³/mol. The van der Waals surface area contributed by atoms with Gasteiger partial charge in [0.1, 0.15) is 10.8 Å². The number of nitro groups is 1. The molecule has 0 aliphatic carbocycles. The fourth-order valence-electron chi connectivity index (χ4n) is 1.90. The zero-order valence-corrected chi connectivity index (χ0v) is 15.1. The quantitative estimate of drug-likeness (QED) is 0.530. The lowest BCUT2D eigenvalue weighted by Crippen LogP contribution is -2.12. The van der Waals surface area contributed by atoms with E-state index in [0.29, 0.717) is 28.1 Å². The van der Waals surface area contributed by atoms with E-state index in [9.17, 15) is 14.9 Å². The van der Waals surface area contributed by atoms with Crippen molar-refractivity contribution in [2.75, 3.05) is 11.9 Å². The van der Waals surface area contributed by atoms with Crippen LogP contribution in [0.3, 0.4) is 0 Å². The number of benzene rings is 2. The van der Waals surface area contributed by atoms with Gasteiger partial charge in [-0.05, 0) is 52.7 Å². The van der Waals surface area contributed by atoms with E-state index in [-0.39, 0.29) is 10.7 Å². The zero-order valence-electron chi connectivity index (χ0n) is 12.7. The summed E-state index contributed by atoms with van der Waals surface area (Å²) in [6.45, 7) is 2.58. The highest BCUT2D eigenvalue weighted by molar-refractivity contribution is 9.10. The molecule has 1 N–H and O–H groups in total. The van der Waals surface area contributed by atoms with Crippen molar-refractivity contribution in [2.45, 2.75) is 13.3 Å². The Morgan fingerprint density at radius 3 is 2.71 bits per heavy atom. The Kier molecular flexibility index (Phi) is 6.16. The molecule has 0 saturated carbocycles. The van der Waals surface area contributed by atoms with Crippen LogP contribution in [0.5, 0.6) is 5.75 Å². The molecular weight excluding hydrogens is 400 g/mol. The van der Waals surface area contributed by atoms with Crippen LogP contribution in [0.15, 0.2) is 40.9 Å². The van der Waals surface area contributed by atoms with Crippen molar-refractivity contribution in [3.8, 4) is 5.75 Å². The summed E-state index contributed by atoms with van der Waals surface area (Å²) in [6, 6.07) is 9.03. The average molecular weight is 414 g/mol. The largest absolute Gasteiger partial charge is 0.492 e. The molecule has 0 unspecified atom stereocenters. The lowest BCUT2D eigenvalue weighted by Gasteiger charge is -2.09. The Morgan fingerprint density at radius 1 is 1.33 bits per heavy atom. The first kappa shape index (κ1) is 18.2.